The molecule has 0 aliphatic heterocycles. The maximum atomic E-state index is 12.3. The Bertz CT molecular complexity index is 914. The van der Waals surface area contributed by atoms with Crippen molar-refractivity contribution in [3.63, 3.8) is 0 Å². The zero-order chi connectivity index (χ0) is 18.6. The van der Waals surface area contributed by atoms with Crippen molar-refractivity contribution >= 4 is 20.4 Å². The predicted octanol–water partition coefficient (Wildman–Crippen LogP) is 4.87. The summed E-state index contributed by atoms with van der Waals surface area (Å²) in [5.41, 5.74) is 0. The molecular formula is C20H20O4S2. The van der Waals surface area contributed by atoms with Crippen molar-refractivity contribution in [1.82, 2.24) is 0 Å². The quantitative estimate of drug-likeness (QED) is 0.605. The van der Waals surface area contributed by atoms with E-state index in [0.717, 1.165) is 20.9 Å². The second-order valence-electron chi connectivity index (χ2n) is 5.63. The Morgan fingerprint density at radius 3 is 1.46 bits per heavy atom. The molecule has 0 heterocycles. The summed E-state index contributed by atoms with van der Waals surface area (Å²) in [4.78, 5) is 2.39. The number of hydrogen-bond acceptors (Lipinski definition) is 4. The Morgan fingerprint density at radius 1 is 0.654 bits per heavy atom. The van der Waals surface area contributed by atoms with Crippen LogP contribution in [-0.2, 0) is 13.7 Å². The molecule has 0 spiro atoms. The normalized spacial score (nSPS) is 12.5. The lowest BCUT2D eigenvalue weighted by atomic mass is 10.3. The summed E-state index contributed by atoms with van der Waals surface area (Å²) in [6, 6.07) is 26.3. The Labute approximate surface area is 156 Å². The van der Waals surface area contributed by atoms with E-state index in [4.69, 9.17) is 8.37 Å². The van der Waals surface area contributed by atoms with Crippen LogP contribution in [0.1, 0.15) is 0 Å². The molecule has 0 aromatic heterocycles. The van der Waals surface area contributed by atoms with E-state index in [1.54, 1.807) is 7.11 Å². The average Bonchev–Trinajstić information content (AvgIpc) is 2.67. The summed E-state index contributed by atoms with van der Waals surface area (Å²) in [5.74, 6) is 0.697. The first kappa shape index (κ1) is 18.5. The summed E-state index contributed by atoms with van der Waals surface area (Å²) in [5, 5.41) is 0. The third-order valence-electron chi connectivity index (χ3n) is 3.77. The van der Waals surface area contributed by atoms with Gasteiger partial charge in [0.05, 0.1) is 13.4 Å². The Balaban J connectivity index is 2.34. The van der Waals surface area contributed by atoms with Crippen LogP contribution >= 0.6 is 10.3 Å². The van der Waals surface area contributed by atoms with Gasteiger partial charge in [0.1, 0.15) is 5.75 Å². The van der Waals surface area contributed by atoms with Gasteiger partial charge in [-0.1, -0.05) is 36.4 Å². The van der Waals surface area contributed by atoms with Gasteiger partial charge in [-0.25, -0.2) is 3.63 Å². The van der Waals surface area contributed by atoms with Gasteiger partial charge < -0.3 is 4.74 Å². The molecule has 0 N–H and O–H groups in total. The maximum absolute atomic E-state index is 12.3. The van der Waals surface area contributed by atoms with Crippen LogP contribution in [0.4, 0.5) is 0 Å². The molecule has 0 aliphatic carbocycles. The first-order chi connectivity index (χ1) is 12.5. The van der Waals surface area contributed by atoms with E-state index in [2.05, 4.69) is 0 Å². The highest BCUT2D eigenvalue weighted by atomic mass is 32.3. The van der Waals surface area contributed by atoms with E-state index >= 15 is 0 Å². The minimum absolute atomic E-state index is 0.697. The molecule has 3 aromatic carbocycles. The molecule has 3 rings (SSSR count). The molecule has 0 fully saturated rings. The van der Waals surface area contributed by atoms with Gasteiger partial charge >= 0.3 is 0 Å². The summed E-state index contributed by atoms with van der Waals surface area (Å²) in [6.07, 6.45) is 1.09. The summed E-state index contributed by atoms with van der Waals surface area (Å²) in [7, 11) is -4.60. The largest absolute Gasteiger partial charge is 0.497 e. The van der Waals surface area contributed by atoms with E-state index in [0.29, 0.717) is 5.75 Å². The number of hydrogen-bond donors (Lipinski definition) is 0. The molecule has 6 heteroatoms. The zero-order valence-electron chi connectivity index (χ0n) is 14.5. The molecule has 0 atom stereocenters. The monoisotopic (exact) mass is 388 g/mol. The van der Waals surface area contributed by atoms with Crippen LogP contribution in [0.5, 0.6) is 5.75 Å². The van der Waals surface area contributed by atoms with Gasteiger partial charge in [-0.3, -0.25) is 0 Å². The fraction of sp³-hybridized carbons (Fsp3) is 0.100. The lowest BCUT2D eigenvalue weighted by Gasteiger charge is -2.39. The van der Waals surface area contributed by atoms with E-state index in [1.807, 2.05) is 84.9 Å². The molecule has 136 valence electrons. The average molecular weight is 389 g/mol. The van der Waals surface area contributed by atoms with Crippen molar-refractivity contribution in [3.8, 4) is 5.75 Å². The predicted molar refractivity (Wildman–Crippen MR) is 104 cm³/mol. The van der Waals surface area contributed by atoms with E-state index in [1.165, 1.54) is 0 Å². The Kier molecular flexibility index (Phi) is 5.36. The molecule has 26 heavy (non-hydrogen) atoms. The number of ether oxygens (including phenoxy) is 1. The van der Waals surface area contributed by atoms with E-state index < -0.39 is 20.4 Å². The summed E-state index contributed by atoms with van der Waals surface area (Å²) < 4.78 is 35.6. The standard InChI is InChI=1S/C20H20O4S2/c1-23-17-13-15-20(16-14-17)26(24-25(2,21)22,18-9-5-3-6-10-18)19-11-7-4-8-12-19/h3-16H,1-2H3. The molecule has 0 saturated heterocycles. The third-order valence-corrected chi connectivity index (χ3v) is 8.38. The van der Waals surface area contributed by atoms with Crippen molar-refractivity contribution in [1.29, 1.82) is 0 Å². The molecule has 0 bridgehead atoms. The Hall–Kier alpha value is -2.28. The second-order valence-corrected chi connectivity index (χ2v) is 10.1. The van der Waals surface area contributed by atoms with Crippen molar-refractivity contribution in [3.05, 3.63) is 84.9 Å². The topological polar surface area (TPSA) is 52.6 Å². The van der Waals surface area contributed by atoms with Crippen molar-refractivity contribution in [2.75, 3.05) is 13.4 Å². The van der Waals surface area contributed by atoms with Gasteiger partial charge in [0.25, 0.3) is 10.1 Å². The zero-order valence-corrected chi connectivity index (χ0v) is 16.2. The number of methoxy groups -OCH3 is 1. The molecular weight excluding hydrogens is 368 g/mol. The van der Waals surface area contributed by atoms with E-state index in [9.17, 15) is 8.42 Å². The number of rotatable bonds is 6. The number of benzene rings is 3. The molecule has 0 aliphatic rings. The minimum Gasteiger partial charge on any atom is -0.497 e. The maximum Gasteiger partial charge on any atom is 0.274 e. The third kappa shape index (κ3) is 3.77. The fourth-order valence-corrected chi connectivity index (χ4v) is 7.55. The van der Waals surface area contributed by atoms with Crippen molar-refractivity contribution in [2.24, 2.45) is 0 Å². The molecule has 0 unspecified atom stereocenters. The van der Waals surface area contributed by atoms with Crippen LogP contribution in [0.2, 0.25) is 0 Å². The highest BCUT2D eigenvalue weighted by Crippen LogP contribution is 2.69. The van der Waals surface area contributed by atoms with Crippen molar-refractivity contribution < 1.29 is 16.8 Å². The molecule has 0 saturated carbocycles. The van der Waals surface area contributed by atoms with Crippen LogP contribution < -0.4 is 4.74 Å². The van der Waals surface area contributed by atoms with E-state index in [-0.39, 0.29) is 0 Å². The van der Waals surface area contributed by atoms with Gasteiger partial charge in [-0.15, -0.1) is 0 Å². The lowest BCUT2D eigenvalue weighted by Crippen LogP contribution is -2.12. The van der Waals surface area contributed by atoms with Crippen molar-refractivity contribution in [2.45, 2.75) is 14.7 Å². The van der Waals surface area contributed by atoms with Gasteiger partial charge in [0, 0.05) is 14.7 Å². The SMILES string of the molecule is COc1ccc(S(OS(C)(=O)=O)(c2ccccc2)c2ccccc2)cc1. The first-order valence-corrected chi connectivity index (χ1v) is 11.3. The molecule has 4 nitrogen and oxygen atoms in total. The second kappa shape index (κ2) is 7.53. The Morgan fingerprint density at radius 2 is 1.08 bits per heavy atom. The molecule has 0 amide bonds. The van der Waals surface area contributed by atoms with Gasteiger partial charge in [-0.2, -0.15) is 8.42 Å². The lowest BCUT2D eigenvalue weighted by molar-refractivity contribution is 0.414. The van der Waals surface area contributed by atoms with Crippen LogP contribution in [0.25, 0.3) is 0 Å². The summed E-state index contributed by atoms with van der Waals surface area (Å²) in [6.45, 7) is 0. The van der Waals surface area contributed by atoms with Crippen LogP contribution in [0.15, 0.2) is 99.6 Å². The van der Waals surface area contributed by atoms with Gasteiger partial charge in [0.2, 0.25) is 0 Å². The van der Waals surface area contributed by atoms with Crippen LogP contribution in [0, 0.1) is 0 Å². The molecule has 3 aromatic rings. The first-order valence-electron chi connectivity index (χ1n) is 7.94. The highest BCUT2D eigenvalue weighted by molar-refractivity contribution is 8.33. The summed E-state index contributed by atoms with van der Waals surface area (Å²) >= 11 is 0. The van der Waals surface area contributed by atoms with Gasteiger partial charge in [0.15, 0.2) is 0 Å². The van der Waals surface area contributed by atoms with Crippen LogP contribution in [0.3, 0.4) is 0 Å². The minimum atomic E-state index is -3.74. The smallest absolute Gasteiger partial charge is 0.274 e. The fourth-order valence-electron chi connectivity index (χ4n) is 2.70. The molecule has 0 radical (unpaired) electrons. The van der Waals surface area contributed by atoms with Gasteiger partial charge in [-0.05, 0) is 58.8 Å². The van der Waals surface area contributed by atoms with Crippen LogP contribution in [-0.4, -0.2) is 21.8 Å². The highest BCUT2D eigenvalue weighted by Gasteiger charge is 2.36.